The fourth-order valence-electron chi connectivity index (χ4n) is 4.17. The number of likely N-dealkylation sites (tertiary alicyclic amines) is 1. The zero-order valence-electron chi connectivity index (χ0n) is 15.4. The van der Waals surface area contributed by atoms with E-state index in [0.29, 0.717) is 12.1 Å². The van der Waals surface area contributed by atoms with Gasteiger partial charge in [0.2, 0.25) is 9.84 Å². The van der Waals surface area contributed by atoms with Crippen LogP contribution >= 0.6 is 11.3 Å². The average molecular weight is 424 g/mol. The van der Waals surface area contributed by atoms with E-state index in [1.165, 1.54) is 24.3 Å². The highest BCUT2D eigenvalue weighted by atomic mass is 32.2. The predicted octanol–water partition coefficient (Wildman–Crippen LogP) is 4.10. The van der Waals surface area contributed by atoms with Gasteiger partial charge in [0.15, 0.2) is 5.78 Å². The molecular weight excluding hydrogens is 406 g/mol. The molecule has 1 aromatic heterocycles. The molecule has 2 aliphatic heterocycles. The van der Waals surface area contributed by atoms with Crippen molar-refractivity contribution >= 4 is 32.9 Å². The normalized spacial score (nSPS) is 19.7. The SMILES string of the molecule is O=C1c2ccccc2S(=O)(=O)c2cc(C(=O)N3CCCC3c3cccs3)ccc21. The lowest BCUT2D eigenvalue weighted by molar-refractivity contribution is 0.0737. The van der Waals surface area contributed by atoms with E-state index in [-0.39, 0.29) is 38.7 Å². The van der Waals surface area contributed by atoms with Crippen LogP contribution in [0.25, 0.3) is 0 Å². The highest BCUT2D eigenvalue weighted by Crippen LogP contribution is 2.38. The van der Waals surface area contributed by atoms with Crippen molar-refractivity contribution in [3.63, 3.8) is 0 Å². The molecule has 2 aliphatic rings. The van der Waals surface area contributed by atoms with Gasteiger partial charge in [0.1, 0.15) is 0 Å². The maximum absolute atomic E-state index is 13.2. The third-order valence-corrected chi connectivity index (χ3v) is 8.39. The summed E-state index contributed by atoms with van der Waals surface area (Å²) in [5, 5.41) is 1.99. The van der Waals surface area contributed by atoms with Crippen LogP contribution in [0.15, 0.2) is 69.8 Å². The molecule has 3 aromatic rings. The molecule has 1 unspecified atom stereocenters. The number of thiophene rings is 1. The van der Waals surface area contributed by atoms with Gasteiger partial charge in [0.05, 0.1) is 15.8 Å². The number of sulfone groups is 1. The zero-order chi connectivity index (χ0) is 20.2. The number of amides is 1. The number of benzene rings is 2. The summed E-state index contributed by atoms with van der Waals surface area (Å²) in [5.41, 5.74) is 0.593. The summed E-state index contributed by atoms with van der Waals surface area (Å²) in [6.07, 6.45) is 1.80. The quantitative estimate of drug-likeness (QED) is 0.487. The van der Waals surface area contributed by atoms with Gasteiger partial charge in [-0.2, -0.15) is 0 Å². The fraction of sp³-hybridized carbons (Fsp3) is 0.182. The minimum atomic E-state index is -3.86. The number of ketones is 1. The maximum atomic E-state index is 13.2. The second-order valence-electron chi connectivity index (χ2n) is 7.21. The maximum Gasteiger partial charge on any atom is 0.254 e. The predicted molar refractivity (Wildman–Crippen MR) is 109 cm³/mol. The van der Waals surface area contributed by atoms with Crippen molar-refractivity contribution in [2.75, 3.05) is 6.54 Å². The molecule has 146 valence electrons. The monoisotopic (exact) mass is 423 g/mol. The van der Waals surface area contributed by atoms with Gasteiger partial charge in [-0.1, -0.05) is 18.2 Å². The Morgan fingerprint density at radius 2 is 1.79 bits per heavy atom. The smallest absolute Gasteiger partial charge is 0.254 e. The van der Waals surface area contributed by atoms with Gasteiger partial charge in [-0.15, -0.1) is 11.3 Å². The third-order valence-electron chi connectivity index (χ3n) is 5.57. The molecule has 1 amide bonds. The first kappa shape index (κ1) is 18.3. The molecule has 0 radical (unpaired) electrons. The number of carbonyl (C=O) groups is 2. The highest BCUT2D eigenvalue weighted by molar-refractivity contribution is 7.91. The highest BCUT2D eigenvalue weighted by Gasteiger charge is 2.36. The van der Waals surface area contributed by atoms with Crippen LogP contribution in [0.4, 0.5) is 0 Å². The van der Waals surface area contributed by atoms with Crippen molar-refractivity contribution in [3.05, 3.63) is 81.5 Å². The van der Waals surface area contributed by atoms with Crippen LogP contribution in [-0.2, 0) is 9.84 Å². The van der Waals surface area contributed by atoms with Gasteiger partial charge >= 0.3 is 0 Å². The van der Waals surface area contributed by atoms with Crippen LogP contribution in [0, 0.1) is 0 Å². The Hall–Kier alpha value is -2.77. The number of fused-ring (bicyclic) bond motifs is 2. The lowest BCUT2D eigenvalue weighted by Gasteiger charge is -2.25. The first-order chi connectivity index (χ1) is 14.0. The number of carbonyl (C=O) groups excluding carboxylic acids is 2. The second-order valence-corrected chi connectivity index (χ2v) is 10.1. The molecule has 2 aromatic carbocycles. The van der Waals surface area contributed by atoms with E-state index < -0.39 is 9.84 Å². The van der Waals surface area contributed by atoms with Crippen molar-refractivity contribution in [2.45, 2.75) is 28.7 Å². The van der Waals surface area contributed by atoms with E-state index in [0.717, 1.165) is 17.7 Å². The third kappa shape index (κ3) is 2.76. The van der Waals surface area contributed by atoms with Gasteiger partial charge in [0.25, 0.3) is 5.91 Å². The summed E-state index contributed by atoms with van der Waals surface area (Å²) in [4.78, 5) is 28.9. The van der Waals surface area contributed by atoms with Crippen LogP contribution in [0.5, 0.6) is 0 Å². The Morgan fingerprint density at radius 3 is 2.59 bits per heavy atom. The van der Waals surface area contributed by atoms with Crippen molar-refractivity contribution < 1.29 is 18.0 Å². The van der Waals surface area contributed by atoms with Crippen molar-refractivity contribution in [3.8, 4) is 0 Å². The van der Waals surface area contributed by atoms with E-state index in [1.807, 2.05) is 17.5 Å². The first-order valence-corrected chi connectivity index (χ1v) is 11.7. The van der Waals surface area contributed by atoms with E-state index in [9.17, 15) is 18.0 Å². The van der Waals surface area contributed by atoms with E-state index in [2.05, 4.69) is 0 Å². The molecule has 29 heavy (non-hydrogen) atoms. The number of hydrogen-bond donors (Lipinski definition) is 0. The Kier molecular flexibility index (Phi) is 4.18. The van der Waals surface area contributed by atoms with Crippen molar-refractivity contribution in [1.29, 1.82) is 0 Å². The summed E-state index contributed by atoms with van der Waals surface area (Å²) < 4.78 is 26.2. The van der Waals surface area contributed by atoms with Gasteiger partial charge < -0.3 is 4.90 Å². The minimum absolute atomic E-state index is 0.000247. The summed E-state index contributed by atoms with van der Waals surface area (Å²) in [6.45, 7) is 0.632. The van der Waals surface area contributed by atoms with Crippen LogP contribution < -0.4 is 0 Å². The fourth-order valence-corrected chi connectivity index (χ4v) is 6.72. The molecule has 3 heterocycles. The number of nitrogens with zero attached hydrogens (tertiary/aromatic N) is 1. The first-order valence-electron chi connectivity index (χ1n) is 9.36. The van der Waals surface area contributed by atoms with Crippen LogP contribution in [-0.4, -0.2) is 31.6 Å². The largest absolute Gasteiger partial charge is 0.331 e. The molecule has 1 atom stereocenters. The standard InChI is InChI=1S/C22H17NO4S2/c24-21-15-5-1-2-8-19(15)29(26,27)20-13-14(9-10-16(20)21)22(25)23-11-3-6-17(23)18-7-4-12-28-18/h1-2,4-5,7-10,12-13,17H,3,6,11H2. The Bertz CT molecular complexity index is 1250. The lowest BCUT2D eigenvalue weighted by atomic mass is 10.0. The van der Waals surface area contributed by atoms with E-state index in [4.69, 9.17) is 0 Å². The molecule has 0 spiro atoms. The van der Waals surface area contributed by atoms with Gasteiger partial charge in [-0.25, -0.2) is 8.42 Å². The Morgan fingerprint density at radius 1 is 1.00 bits per heavy atom. The topological polar surface area (TPSA) is 71.5 Å². The molecule has 7 heteroatoms. The summed E-state index contributed by atoms with van der Waals surface area (Å²) in [6, 6.07) is 14.6. The molecule has 0 bridgehead atoms. The van der Waals surface area contributed by atoms with Crippen molar-refractivity contribution in [2.24, 2.45) is 0 Å². The lowest BCUT2D eigenvalue weighted by Crippen LogP contribution is -2.30. The second kappa shape index (κ2) is 6.64. The van der Waals surface area contributed by atoms with Crippen molar-refractivity contribution in [1.82, 2.24) is 4.90 Å². The molecule has 1 saturated heterocycles. The molecule has 5 nitrogen and oxygen atoms in total. The summed E-state index contributed by atoms with van der Waals surface area (Å²) in [5.74, 6) is -0.535. The Balaban J connectivity index is 1.57. The minimum Gasteiger partial charge on any atom is -0.331 e. The summed E-state index contributed by atoms with van der Waals surface area (Å²) in [7, 11) is -3.86. The van der Waals surface area contributed by atoms with E-state index in [1.54, 1.807) is 34.4 Å². The number of hydrogen-bond acceptors (Lipinski definition) is 5. The van der Waals surface area contributed by atoms with Gasteiger partial charge in [0, 0.05) is 28.1 Å². The van der Waals surface area contributed by atoms with Crippen LogP contribution in [0.1, 0.15) is 50.0 Å². The number of rotatable bonds is 2. The average Bonchev–Trinajstić information content (AvgIpc) is 3.43. The van der Waals surface area contributed by atoms with Gasteiger partial charge in [-0.3, -0.25) is 9.59 Å². The van der Waals surface area contributed by atoms with Crippen LogP contribution in [0.3, 0.4) is 0 Å². The molecule has 0 saturated carbocycles. The molecule has 0 N–H and O–H groups in total. The van der Waals surface area contributed by atoms with Crippen LogP contribution in [0.2, 0.25) is 0 Å². The van der Waals surface area contributed by atoms with E-state index >= 15 is 0 Å². The van der Waals surface area contributed by atoms with Gasteiger partial charge in [-0.05, 0) is 54.6 Å². The molecule has 0 aliphatic carbocycles. The molecular formula is C22H17NO4S2. The molecule has 5 rings (SSSR count). The molecule has 1 fully saturated rings. The summed E-state index contributed by atoms with van der Waals surface area (Å²) >= 11 is 1.62. The Labute approximate surface area is 172 Å². The zero-order valence-corrected chi connectivity index (χ0v) is 17.0.